The van der Waals surface area contributed by atoms with Crippen LogP contribution in [-0.4, -0.2) is 36.7 Å². The van der Waals surface area contributed by atoms with Crippen molar-refractivity contribution in [2.75, 3.05) is 24.7 Å². The minimum atomic E-state index is -1.06. The van der Waals surface area contributed by atoms with Crippen molar-refractivity contribution in [1.29, 1.82) is 0 Å². The van der Waals surface area contributed by atoms with Gasteiger partial charge in [-0.3, -0.25) is 9.59 Å². The lowest BCUT2D eigenvalue weighted by molar-refractivity contribution is -0.136. The van der Waals surface area contributed by atoms with Gasteiger partial charge < -0.3 is 19.5 Å². The summed E-state index contributed by atoms with van der Waals surface area (Å²) >= 11 is 0. The number of aliphatic carboxylic acids is 1. The highest BCUT2D eigenvalue weighted by atomic mass is 16.6. The van der Waals surface area contributed by atoms with E-state index in [2.05, 4.69) is 0 Å². The standard InChI is InChI=1S/C13H15NO5/c1-2-12(15)14(8-13(16)17)9-3-4-10-11(7-9)19-6-5-18-10/h3-4,7H,2,5-6,8H2,1H3,(H,16,17). The van der Waals surface area contributed by atoms with Gasteiger partial charge in [-0.2, -0.15) is 0 Å². The quantitative estimate of drug-likeness (QED) is 0.887. The fourth-order valence-electron chi connectivity index (χ4n) is 1.85. The molecule has 0 atom stereocenters. The highest BCUT2D eigenvalue weighted by Gasteiger charge is 2.20. The second kappa shape index (κ2) is 5.60. The Bertz CT molecular complexity index is 500. The number of fused-ring (bicyclic) bond motifs is 1. The highest BCUT2D eigenvalue weighted by molar-refractivity contribution is 5.97. The molecule has 0 aliphatic carbocycles. The van der Waals surface area contributed by atoms with Gasteiger partial charge in [0.2, 0.25) is 5.91 Å². The van der Waals surface area contributed by atoms with Crippen molar-refractivity contribution in [3.05, 3.63) is 18.2 Å². The van der Waals surface area contributed by atoms with Gasteiger partial charge in [0.25, 0.3) is 0 Å². The lowest BCUT2D eigenvalue weighted by Crippen LogP contribution is -2.35. The van der Waals surface area contributed by atoms with Crippen LogP contribution >= 0.6 is 0 Å². The lowest BCUT2D eigenvalue weighted by Gasteiger charge is -2.23. The molecular formula is C13H15NO5. The predicted octanol–water partition coefficient (Wildman–Crippen LogP) is 1.29. The summed E-state index contributed by atoms with van der Waals surface area (Å²) < 4.78 is 10.8. The molecule has 0 aromatic heterocycles. The van der Waals surface area contributed by atoms with Crippen LogP contribution in [0, 0.1) is 0 Å². The van der Waals surface area contributed by atoms with E-state index < -0.39 is 5.97 Å². The maximum Gasteiger partial charge on any atom is 0.323 e. The van der Waals surface area contributed by atoms with Gasteiger partial charge in [0.15, 0.2) is 11.5 Å². The topological polar surface area (TPSA) is 76.1 Å². The third-order valence-electron chi connectivity index (χ3n) is 2.73. The number of anilines is 1. The summed E-state index contributed by atoms with van der Waals surface area (Å²) in [6.45, 7) is 2.25. The first-order valence-electron chi connectivity index (χ1n) is 6.03. The fourth-order valence-corrected chi connectivity index (χ4v) is 1.85. The Morgan fingerprint density at radius 3 is 2.58 bits per heavy atom. The second-order valence-corrected chi connectivity index (χ2v) is 4.06. The highest BCUT2D eigenvalue weighted by Crippen LogP contribution is 2.34. The molecule has 2 rings (SSSR count). The Kier molecular flexibility index (Phi) is 3.89. The molecule has 0 unspecified atom stereocenters. The molecule has 0 saturated carbocycles. The van der Waals surface area contributed by atoms with Crippen molar-refractivity contribution < 1.29 is 24.2 Å². The van der Waals surface area contributed by atoms with Gasteiger partial charge in [-0.05, 0) is 12.1 Å². The van der Waals surface area contributed by atoms with E-state index in [4.69, 9.17) is 14.6 Å². The van der Waals surface area contributed by atoms with Gasteiger partial charge in [0.1, 0.15) is 19.8 Å². The van der Waals surface area contributed by atoms with Crippen LogP contribution in [0.25, 0.3) is 0 Å². The normalized spacial score (nSPS) is 12.9. The molecule has 0 saturated heterocycles. The van der Waals surface area contributed by atoms with Crippen molar-refractivity contribution in [2.45, 2.75) is 13.3 Å². The summed E-state index contributed by atoms with van der Waals surface area (Å²) in [4.78, 5) is 23.9. The molecule has 1 aromatic carbocycles. The van der Waals surface area contributed by atoms with Gasteiger partial charge in [0.05, 0.1) is 0 Å². The monoisotopic (exact) mass is 265 g/mol. The number of benzene rings is 1. The molecule has 6 heteroatoms. The molecule has 6 nitrogen and oxygen atoms in total. The second-order valence-electron chi connectivity index (χ2n) is 4.06. The van der Waals surface area contributed by atoms with Crippen LogP contribution in [0.4, 0.5) is 5.69 Å². The molecule has 0 bridgehead atoms. The largest absolute Gasteiger partial charge is 0.486 e. The summed E-state index contributed by atoms with van der Waals surface area (Å²) in [5.74, 6) is -0.173. The fraction of sp³-hybridized carbons (Fsp3) is 0.385. The Morgan fingerprint density at radius 2 is 1.95 bits per heavy atom. The van der Waals surface area contributed by atoms with Crippen LogP contribution in [0.15, 0.2) is 18.2 Å². The Hall–Kier alpha value is -2.24. The molecule has 1 aliphatic heterocycles. The number of hydrogen-bond acceptors (Lipinski definition) is 4. The van der Waals surface area contributed by atoms with Crippen LogP contribution in [0.2, 0.25) is 0 Å². The Morgan fingerprint density at radius 1 is 1.26 bits per heavy atom. The molecule has 1 amide bonds. The van der Waals surface area contributed by atoms with E-state index in [1.807, 2.05) is 0 Å². The average molecular weight is 265 g/mol. The number of rotatable bonds is 4. The van der Waals surface area contributed by atoms with Crippen LogP contribution in [-0.2, 0) is 9.59 Å². The third-order valence-corrected chi connectivity index (χ3v) is 2.73. The number of carboxylic acids is 1. The van der Waals surface area contributed by atoms with E-state index in [0.717, 1.165) is 0 Å². The minimum absolute atomic E-state index is 0.238. The number of carbonyl (C=O) groups is 2. The molecule has 1 heterocycles. The zero-order chi connectivity index (χ0) is 13.8. The first-order chi connectivity index (χ1) is 9.11. The third kappa shape index (κ3) is 2.96. The van der Waals surface area contributed by atoms with E-state index in [9.17, 15) is 9.59 Å². The van der Waals surface area contributed by atoms with Gasteiger partial charge >= 0.3 is 5.97 Å². The summed E-state index contributed by atoms with van der Waals surface area (Å²) in [5.41, 5.74) is 0.499. The van der Waals surface area contributed by atoms with Crippen molar-refractivity contribution in [3.8, 4) is 11.5 Å². The summed E-state index contributed by atoms with van der Waals surface area (Å²) in [5, 5.41) is 8.88. The van der Waals surface area contributed by atoms with Crippen LogP contribution in [0.5, 0.6) is 11.5 Å². The van der Waals surface area contributed by atoms with Gasteiger partial charge in [-0.1, -0.05) is 6.92 Å². The summed E-state index contributed by atoms with van der Waals surface area (Å²) in [7, 11) is 0. The molecule has 1 N–H and O–H groups in total. The van der Waals surface area contributed by atoms with Crippen LogP contribution in [0.3, 0.4) is 0 Å². The van der Waals surface area contributed by atoms with Crippen LogP contribution in [0.1, 0.15) is 13.3 Å². The van der Waals surface area contributed by atoms with Crippen molar-refractivity contribution in [3.63, 3.8) is 0 Å². The van der Waals surface area contributed by atoms with E-state index in [-0.39, 0.29) is 18.9 Å². The maximum absolute atomic E-state index is 11.8. The maximum atomic E-state index is 11.8. The molecule has 0 spiro atoms. The molecule has 0 radical (unpaired) electrons. The molecule has 1 aliphatic rings. The number of amides is 1. The van der Waals surface area contributed by atoms with Gasteiger partial charge in [0, 0.05) is 18.2 Å². The first-order valence-corrected chi connectivity index (χ1v) is 6.03. The Balaban J connectivity index is 2.30. The van der Waals surface area contributed by atoms with Gasteiger partial charge in [-0.25, -0.2) is 0 Å². The first kappa shape index (κ1) is 13.2. The molecular weight excluding hydrogens is 250 g/mol. The number of carbonyl (C=O) groups excluding carboxylic acids is 1. The van der Waals surface area contributed by atoms with E-state index in [1.54, 1.807) is 25.1 Å². The predicted molar refractivity (Wildman–Crippen MR) is 67.7 cm³/mol. The van der Waals surface area contributed by atoms with E-state index in [1.165, 1.54) is 4.90 Å². The average Bonchev–Trinajstić information content (AvgIpc) is 2.43. The number of ether oxygens (including phenoxy) is 2. The SMILES string of the molecule is CCC(=O)N(CC(=O)O)c1ccc2c(c1)OCCO2. The smallest absolute Gasteiger partial charge is 0.323 e. The molecule has 19 heavy (non-hydrogen) atoms. The zero-order valence-electron chi connectivity index (χ0n) is 10.6. The van der Waals surface area contributed by atoms with Crippen LogP contribution < -0.4 is 14.4 Å². The van der Waals surface area contributed by atoms with E-state index in [0.29, 0.717) is 30.4 Å². The van der Waals surface area contributed by atoms with Gasteiger partial charge in [-0.15, -0.1) is 0 Å². The number of hydrogen-bond donors (Lipinski definition) is 1. The van der Waals surface area contributed by atoms with Crippen molar-refractivity contribution >= 4 is 17.6 Å². The number of carboxylic acid groups (broad SMARTS) is 1. The lowest BCUT2D eigenvalue weighted by atomic mass is 10.2. The molecule has 0 fully saturated rings. The van der Waals surface area contributed by atoms with Crippen molar-refractivity contribution in [2.24, 2.45) is 0 Å². The summed E-state index contributed by atoms with van der Waals surface area (Å²) in [6, 6.07) is 4.97. The number of nitrogens with zero attached hydrogens (tertiary/aromatic N) is 1. The molecule has 1 aromatic rings. The minimum Gasteiger partial charge on any atom is -0.486 e. The molecule has 102 valence electrons. The Labute approximate surface area is 110 Å². The van der Waals surface area contributed by atoms with Crippen molar-refractivity contribution in [1.82, 2.24) is 0 Å². The summed E-state index contributed by atoms with van der Waals surface area (Å²) in [6.07, 6.45) is 0.238. The zero-order valence-corrected chi connectivity index (χ0v) is 10.6. The van der Waals surface area contributed by atoms with E-state index >= 15 is 0 Å².